The van der Waals surface area contributed by atoms with Crippen LogP contribution in [0.15, 0.2) is 109 Å². The molecule has 0 atom stereocenters. The number of rotatable bonds is 0. The minimum absolute atomic E-state index is 0. The van der Waals surface area contributed by atoms with Gasteiger partial charge in [0, 0.05) is 79.3 Å². The first-order valence-corrected chi connectivity index (χ1v) is 30.2. The minimum atomic E-state index is 0. The van der Waals surface area contributed by atoms with Crippen molar-refractivity contribution in [1.29, 1.82) is 0 Å². The number of benzene rings is 6. The van der Waals surface area contributed by atoms with Crippen molar-refractivity contribution in [2.24, 2.45) is 0 Å². The maximum atomic E-state index is 11.0. The molecule has 0 saturated carbocycles. The Morgan fingerprint density at radius 2 is 0.264 bits per heavy atom. The molecule has 0 aromatic heterocycles. The zero-order valence-corrected chi connectivity index (χ0v) is 61.7. The van der Waals surface area contributed by atoms with E-state index in [9.17, 15) is 30.6 Å². The van der Waals surface area contributed by atoms with E-state index in [0.29, 0.717) is 0 Å². The van der Waals surface area contributed by atoms with Crippen molar-refractivity contribution < 1.29 is 207 Å². The van der Waals surface area contributed by atoms with Gasteiger partial charge in [0.2, 0.25) is 0 Å². The smallest absolute Gasteiger partial charge is 0.872 e. The normalized spacial score (nSPS) is 14.2. The average molecular weight is 1620 g/mol. The third-order valence-corrected chi connectivity index (χ3v) is 13.4. The van der Waals surface area contributed by atoms with Crippen molar-refractivity contribution in [3.63, 3.8) is 0 Å². The fourth-order valence-electron chi connectivity index (χ4n) is 7.86. The van der Waals surface area contributed by atoms with E-state index < -0.39 is 0 Å². The van der Waals surface area contributed by atoms with Gasteiger partial charge in [0.15, 0.2) is 0 Å². The average Bonchev–Trinajstić information content (AvgIpc) is 4.45. The van der Waals surface area contributed by atoms with Crippen LogP contribution in [0.4, 0.5) is 0 Å². The second kappa shape index (κ2) is 58.5. The Morgan fingerprint density at radius 3 is 0.310 bits per heavy atom. The van der Waals surface area contributed by atoms with Crippen molar-refractivity contribution in [2.75, 3.05) is 79.3 Å². The maximum absolute atomic E-state index is 11.0. The third-order valence-electron chi connectivity index (χ3n) is 13.4. The zero-order chi connectivity index (χ0) is 62.3. The van der Waals surface area contributed by atoms with Crippen LogP contribution in [0.5, 0.6) is 34.5 Å². The van der Waals surface area contributed by atoms with E-state index in [2.05, 4.69) is 0 Å². The molecule has 483 valence electrons. The molecule has 6 heterocycles. The van der Waals surface area contributed by atoms with Crippen molar-refractivity contribution >= 4 is 0 Å². The van der Waals surface area contributed by atoms with Crippen molar-refractivity contribution in [2.45, 2.75) is 160 Å². The van der Waals surface area contributed by atoms with Crippen LogP contribution < -0.4 is 30.6 Å². The molecule has 12 nitrogen and oxygen atoms in total. The molecule has 12 rings (SSSR count). The second-order valence-electron chi connectivity index (χ2n) is 21.2. The number of hydrogen-bond donors (Lipinski definition) is 0. The molecule has 6 aromatic carbocycles. The monoisotopic (exact) mass is 1620 g/mol. The van der Waals surface area contributed by atoms with E-state index in [-0.39, 0.29) is 183 Å². The summed E-state index contributed by atoms with van der Waals surface area (Å²) < 4.78 is 29.7. The number of ether oxygens (including phenoxy) is 6. The molecule has 0 bridgehead atoms. The third kappa shape index (κ3) is 45.6. The largest absolute Gasteiger partial charge is 2.00 e. The Bertz CT molecular complexity index is 1980. The predicted molar refractivity (Wildman–Crippen MR) is 332 cm³/mol. The van der Waals surface area contributed by atoms with Gasteiger partial charge in [-0.05, 0) is 160 Å². The first-order valence-electron chi connectivity index (χ1n) is 30.2. The molecule has 6 aliphatic rings. The summed E-state index contributed by atoms with van der Waals surface area (Å²) in [5.41, 5.74) is 9.94. The number of hydrogen-bond acceptors (Lipinski definition) is 12. The molecule has 0 aliphatic carbocycles. The van der Waals surface area contributed by atoms with E-state index in [1.807, 2.05) is 192 Å². The van der Waals surface area contributed by atoms with Crippen molar-refractivity contribution in [3.8, 4) is 34.5 Å². The summed E-state index contributed by atoms with van der Waals surface area (Å²) in [6.45, 7) is 33.9. The van der Waals surface area contributed by atoms with E-state index in [0.717, 1.165) is 146 Å². The van der Waals surface area contributed by atoms with Gasteiger partial charge in [-0.2, -0.15) is 0 Å². The molecule has 0 spiro atoms. The molecule has 0 unspecified atom stereocenters. The molecule has 0 amide bonds. The summed E-state index contributed by atoms with van der Waals surface area (Å²) in [5.74, 6) is 0.986. The van der Waals surface area contributed by atoms with Gasteiger partial charge in [0.1, 0.15) is 0 Å². The van der Waals surface area contributed by atoms with Gasteiger partial charge in [-0.1, -0.05) is 176 Å². The Hall–Kier alpha value is -1.37. The van der Waals surface area contributed by atoms with Gasteiger partial charge in [0.05, 0.1) is 0 Å². The van der Waals surface area contributed by atoms with Crippen LogP contribution in [0, 0.1) is 231 Å². The summed E-state index contributed by atoms with van der Waals surface area (Å²) in [5, 5.41) is 65.8. The fourth-order valence-corrected chi connectivity index (χ4v) is 7.86. The van der Waals surface area contributed by atoms with Crippen LogP contribution in [0.25, 0.3) is 0 Å². The van der Waals surface area contributed by atoms with Crippen LogP contribution in [0.2, 0.25) is 0 Å². The van der Waals surface area contributed by atoms with Gasteiger partial charge in [0.25, 0.3) is 0 Å². The van der Waals surface area contributed by atoms with E-state index >= 15 is 0 Å². The summed E-state index contributed by atoms with van der Waals surface area (Å²) in [4.78, 5) is 0. The predicted octanol–water partition coefficient (Wildman–Crippen LogP) is 13.0. The molecule has 0 N–H and O–H groups in total. The SMILES string of the molecule is C1CCOC1.C1CCOC1.C1CCOC1.C1CCOC1.C1CCOC1.C1CCOC1.Cc1cccc(C)c1[O-].Cc1cccc(C)c1[O-].Cc1cccc(C)c1[O-].Cc1cccc(C)c1[O-].Cc1cccc(C)c1[O-].Cc1cccc(C)c1[O-].[Eu+2].[Eu+2].[Eu+2]. The molecule has 6 aromatic rings. The van der Waals surface area contributed by atoms with Gasteiger partial charge < -0.3 is 59.1 Å². The topological polar surface area (TPSA) is 194 Å². The molecule has 6 fully saturated rings. The standard InChI is InChI=1S/6C8H10O.6C4H8O.3Eu/c6*1-6-4-3-5-7(2)8(6)9;6*1-2-4-5-3-1;;;/h6*3-5,9H,1-2H3;6*1-4H2;;;/q;;;;;;;;;;;;3*+2/p-6. The first-order chi connectivity index (χ1) is 40.3. The van der Waals surface area contributed by atoms with Crippen LogP contribution >= 0.6 is 0 Å². The van der Waals surface area contributed by atoms with Gasteiger partial charge in [-0.25, -0.2) is 0 Å². The molecule has 3 radical (unpaired) electrons. The molecule has 6 saturated heterocycles. The molecule has 15 heteroatoms. The first kappa shape index (κ1) is 89.8. The Balaban J connectivity index is -0.000000889. The zero-order valence-electron chi connectivity index (χ0n) is 54.4. The molecule has 87 heavy (non-hydrogen) atoms. The number of aryl methyl sites for hydroxylation is 12. The van der Waals surface area contributed by atoms with E-state index in [1.165, 1.54) is 77.0 Å². The van der Waals surface area contributed by atoms with Crippen LogP contribution in [-0.4, -0.2) is 79.3 Å². The Morgan fingerprint density at radius 1 is 0.184 bits per heavy atom. The Kier molecular flexibility index (Phi) is 60.4. The van der Waals surface area contributed by atoms with E-state index in [1.54, 1.807) is 0 Å². The summed E-state index contributed by atoms with van der Waals surface area (Å²) in [6, 6.07) is 33.3. The van der Waals surface area contributed by atoms with Crippen LogP contribution in [-0.2, 0) is 28.4 Å². The number of para-hydroxylation sites is 6. The minimum Gasteiger partial charge on any atom is -0.872 e. The summed E-state index contributed by atoms with van der Waals surface area (Å²) >= 11 is 0. The Labute approximate surface area is 647 Å². The summed E-state index contributed by atoms with van der Waals surface area (Å²) in [6.07, 6.45) is 15.3. The van der Waals surface area contributed by atoms with E-state index in [4.69, 9.17) is 28.4 Å². The fraction of sp³-hybridized carbons (Fsp3) is 0.500. The van der Waals surface area contributed by atoms with Crippen molar-refractivity contribution in [3.05, 3.63) is 176 Å². The van der Waals surface area contributed by atoms with Crippen molar-refractivity contribution in [1.82, 2.24) is 0 Å². The molecule has 6 aliphatic heterocycles. The second-order valence-corrected chi connectivity index (χ2v) is 21.2. The van der Waals surface area contributed by atoms with Gasteiger partial charge in [-0.15, -0.1) is 34.5 Å². The maximum Gasteiger partial charge on any atom is 2.00 e. The van der Waals surface area contributed by atoms with Crippen LogP contribution in [0.1, 0.15) is 144 Å². The molecular weight excluding hydrogens is 1510 g/mol. The van der Waals surface area contributed by atoms with Gasteiger partial charge in [-0.3, -0.25) is 0 Å². The summed E-state index contributed by atoms with van der Waals surface area (Å²) in [7, 11) is 0. The molecular formula is C72H102Eu3O12. The van der Waals surface area contributed by atoms with Gasteiger partial charge >= 0.3 is 148 Å². The van der Waals surface area contributed by atoms with Crippen LogP contribution in [0.3, 0.4) is 0 Å². The quantitative estimate of drug-likeness (QED) is 0.140.